The quantitative estimate of drug-likeness (QED) is 0.765. The van der Waals surface area contributed by atoms with E-state index in [9.17, 15) is 14.7 Å². The molecule has 21 heavy (non-hydrogen) atoms. The van der Waals surface area contributed by atoms with E-state index in [1.165, 1.54) is 4.90 Å². The number of hydrogen-bond donors (Lipinski definition) is 2. The number of alkyl carbamates (subject to hydrolysis) is 1. The lowest BCUT2D eigenvalue weighted by Gasteiger charge is -2.36. The van der Waals surface area contributed by atoms with Crippen molar-refractivity contribution in [2.75, 3.05) is 25.6 Å². The van der Waals surface area contributed by atoms with Crippen LogP contribution in [0.3, 0.4) is 0 Å². The molecule has 1 rings (SSSR count). The number of likely N-dealkylation sites (tertiary alicyclic amines) is 1. The molecule has 0 spiro atoms. The van der Waals surface area contributed by atoms with Gasteiger partial charge in [-0.1, -0.05) is 0 Å². The Kier molecular flexibility index (Phi) is 6.54. The number of nitrogens with zero attached hydrogens (tertiary/aromatic N) is 1. The molecule has 1 fully saturated rings. The third kappa shape index (κ3) is 6.39. The van der Waals surface area contributed by atoms with E-state index in [1.807, 2.05) is 0 Å². The predicted molar refractivity (Wildman–Crippen MR) is 77.4 cm³/mol. The van der Waals surface area contributed by atoms with Gasteiger partial charge in [-0.15, -0.1) is 11.6 Å². The molecule has 0 radical (unpaired) electrons. The van der Waals surface area contributed by atoms with Crippen molar-refractivity contribution in [1.29, 1.82) is 0 Å². The number of nitrogens with one attached hydrogen (secondary N) is 1. The van der Waals surface area contributed by atoms with E-state index in [2.05, 4.69) is 5.32 Å². The van der Waals surface area contributed by atoms with Gasteiger partial charge in [-0.3, -0.25) is 0 Å². The first kappa shape index (κ1) is 17.8. The fourth-order valence-electron chi connectivity index (χ4n) is 1.92. The largest absolute Gasteiger partial charge is 0.448 e. The highest BCUT2D eigenvalue weighted by Gasteiger charge is 2.33. The lowest BCUT2D eigenvalue weighted by molar-refractivity contribution is -0.00453. The van der Waals surface area contributed by atoms with Gasteiger partial charge in [0, 0.05) is 6.54 Å². The Balaban J connectivity index is 2.43. The molecule has 0 aromatic rings. The summed E-state index contributed by atoms with van der Waals surface area (Å²) in [6.07, 6.45) is -1.53. The molecule has 2 amide bonds. The van der Waals surface area contributed by atoms with Gasteiger partial charge in [-0.05, 0) is 27.2 Å². The molecule has 1 heterocycles. The number of piperidine rings is 1. The summed E-state index contributed by atoms with van der Waals surface area (Å²) in [5.41, 5.74) is -0.581. The maximum Gasteiger partial charge on any atom is 0.410 e. The first-order valence-corrected chi connectivity index (χ1v) is 7.41. The summed E-state index contributed by atoms with van der Waals surface area (Å²) in [4.78, 5) is 24.7. The third-order valence-electron chi connectivity index (χ3n) is 2.85. The highest BCUT2D eigenvalue weighted by molar-refractivity contribution is 6.18. The van der Waals surface area contributed by atoms with Crippen LogP contribution in [0.15, 0.2) is 0 Å². The van der Waals surface area contributed by atoms with Crippen LogP contribution in [0.4, 0.5) is 9.59 Å². The number of hydrogen-bond acceptors (Lipinski definition) is 5. The number of carbonyl (C=O) groups is 2. The van der Waals surface area contributed by atoms with Crippen molar-refractivity contribution in [1.82, 2.24) is 10.2 Å². The monoisotopic (exact) mass is 322 g/mol. The van der Waals surface area contributed by atoms with E-state index in [0.29, 0.717) is 13.0 Å². The molecule has 0 aromatic carbocycles. The van der Waals surface area contributed by atoms with E-state index in [4.69, 9.17) is 21.1 Å². The summed E-state index contributed by atoms with van der Waals surface area (Å²) < 4.78 is 10.0. The Bertz CT molecular complexity index is 372. The van der Waals surface area contributed by atoms with Gasteiger partial charge in [0.05, 0.1) is 24.6 Å². The first-order valence-electron chi connectivity index (χ1n) is 6.88. The Morgan fingerprint density at radius 3 is 2.62 bits per heavy atom. The second-order valence-corrected chi connectivity index (χ2v) is 6.24. The lowest BCUT2D eigenvalue weighted by atomic mass is 10.0. The number of rotatable bonds is 3. The topological polar surface area (TPSA) is 88.1 Å². The summed E-state index contributed by atoms with van der Waals surface area (Å²) in [5, 5.41) is 12.6. The van der Waals surface area contributed by atoms with Gasteiger partial charge in [0.15, 0.2) is 0 Å². The molecule has 1 saturated heterocycles. The van der Waals surface area contributed by atoms with Crippen molar-refractivity contribution in [3.63, 3.8) is 0 Å². The van der Waals surface area contributed by atoms with E-state index in [1.54, 1.807) is 20.8 Å². The molecular weight excluding hydrogens is 300 g/mol. The maximum atomic E-state index is 11.9. The molecule has 0 bridgehead atoms. The molecule has 8 heteroatoms. The number of ether oxygens (including phenoxy) is 2. The van der Waals surface area contributed by atoms with Gasteiger partial charge < -0.3 is 24.8 Å². The molecule has 122 valence electrons. The fourth-order valence-corrected chi connectivity index (χ4v) is 1.99. The molecule has 7 nitrogen and oxygen atoms in total. The zero-order valence-corrected chi connectivity index (χ0v) is 13.4. The summed E-state index contributed by atoms with van der Waals surface area (Å²) >= 11 is 5.41. The molecule has 2 unspecified atom stereocenters. The number of carbonyl (C=O) groups excluding carboxylic acids is 2. The average molecular weight is 323 g/mol. The molecule has 2 atom stereocenters. The predicted octanol–water partition coefficient (Wildman–Crippen LogP) is 1.32. The Morgan fingerprint density at radius 2 is 2.10 bits per heavy atom. The first-order chi connectivity index (χ1) is 9.73. The zero-order valence-electron chi connectivity index (χ0n) is 12.6. The highest BCUT2D eigenvalue weighted by Crippen LogP contribution is 2.16. The highest BCUT2D eigenvalue weighted by atomic mass is 35.5. The number of alkyl halides is 1. The van der Waals surface area contributed by atoms with Crippen molar-refractivity contribution in [2.24, 2.45) is 0 Å². The van der Waals surface area contributed by atoms with Crippen molar-refractivity contribution in [2.45, 2.75) is 44.9 Å². The van der Waals surface area contributed by atoms with E-state index in [-0.39, 0.29) is 19.0 Å². The number of amides is 2. The summed E-state index contributed by atoms with van der Waals surface area (Å²) in [6, 6.07) is -0.452. The lowest BCUT2D eigenvalue weighted by Crippen LogP contribution is -2.56. The second kappa shape index (κ2) is 7.70. The van der Waals surface area contributed by atoms with Crippen molar-refractivity contribution in [3.8, 4) is 0 Å². The van der Waals surface area contributed by atoms with Crippen LogP contribution < -0.4 is 5.32 Å². The van der Waals surface area contributed by atoms with Gasteiger partial charge in [-0.2, -0.15) is 0 Å². The zero-order chi connectivity index (χ0) is 16.0. The fraction of sp³-hybridized carbons (Fsp3) is 0.846. The van der Waals surface area contributed by atoms with Crippen LogP contribution in [0, 0.1) is 0 Å². The van der Waals surface area contributed by atoms with Crippen molar-refractivity contribution in [3.05, 3.63) is 0 Å². The maximum absolute atomic E-state index is 11.9. The van der Waals surface area contributed by atoms with Gasteiger partial charge in [-0.25, -0.2) is 9.59 Å². The van der Waals surface area contributed by atoms with Crippen LogP contribution in [0.5, 0.6) is 0 Å². The van der Waals surface area contributed by atoms with E-state index < -0.39 is 29.9 Å². The number of β-amino-alcohol motifs (C(OH)–C–C–N with tert-alkyl or cyclic N) is 1. The van der Waals surface area contributed by atoms with Gasteiger partial charge in [0.2, 0.25) is 0 Å². The molecular formula is C13H23ClN2O5. The molecule has 2 N–H and O–H groups in total. The minimum absolute atomic E-state index is 0.107. The minimum Gasteiger partial charge on any atom is -0.448 e. The Labute approximate surface area is 129 Å². The normalized spacial score (nSPS) is 22.6. The van der Waals surface area contributed by atoms with Gasteiger partial charge >= 0.3 is 12.2 Å². The minimum atomic E-state index is -0.866. The molecule has 1 aliphatic heterocycles. The molecule has 0 saturated carbocycles. The van der Waals surface area contributed by atoms with E-state index in [0.717, 1.165) is 0 Å². The third-order valence-corrected chi connectivity index (χ3v) is 3.00. The van der Waals surface area contributed by atoms with E-state index >= 15 is 0 Å². The van der Waals surface area contributed by atoms with Crippen LogP contribution in [0.2, 0.25) is 0 Å². The van der Waals surface area contributed by atoms with Gasteiger partial charge in [0.1, 0.15) is 12.2 Å². The van der Waals surface area contributed by atoms with Crippen LogP contribution in [-0.4, -0.2) is 65.5 Å². The Morgan fingerprint density at radius 1 is 1.43 bits per heavy atom. The number of aliphatic hydroxyl groups excluding tert-OH is 1. The molecule has 1 aliphatic rings. The Hall–Kier alpha value is -1.21. The standard InChI is InChI=1S/C13H23ClN2O5/c1-13(2,3)21-12(19)16-6-4-9(10(17)8-16)15-11(18)20-7-5-14/h9-10,17H,4-8H2,1-3H3,(H,15,18). The van der Waals surface area contributed by atoms with Crippen LogP contribution in [0.1, 0.15) is 27.2 Å². The second-order valence-electron chi connectivity index (χ2n) is 5.86. The molecule has 0 aliphatic carbocycles. The van der Waals surface area contributed by atoms with Crippen LogP contribution in [-0.2, 0) is 9.47 Å². The average Bonchev–Trinajstić information content (AvgIpc) is 2.36. The summed E-state index contributed by atoms with van der Waals surface area (Å²) in [6.45, 7) is 5.95. The molecule has 0 aromatic heterocycles. The van der Waals surface area contributed by atoms with Crippen LogP contribution in [0.25, 0.3) is 0 Å². The SMILES string of the molecule is CC(C)(C)OC(=O)N1CCC(NC(=O)OCCCl)C(O)C1. The number of halogens is 1. The van der Waals surface area contributed by atoms with Crippen LogP contribution >= 0.6 is 11.6 Å². The van der Waals surface area contributed by atoms with Gasteiger partial charge in [0.25, 0.3) is 0 Å². The van der Waals surface area contributed by atoms with Crippen molar-refractivity contribution < 1.29 is 24.2 Å². The summed E-state index contributed by atoms with van der Waals surface area (Å²) in [5.74, 6) is 0.215. The smallest absolute Gasteiger partial charge is 0.410 e. The summed E-state index contributed by atoms with van der Waals surface area (Å²) in [7, 11) is 0. The number of aliphatic hydroxyl groups is 1. The van der Waals surface area contributed by atoms with Crippen molar-refractivity contribution >= 4 is 23.8 Å².